The summed E-state index contributed by atoms with van der Waals surface area (Å²) in [5.41, 5.74) is 1.31. The van der Waals surface area contributed by atoms with Gasteiger partial charge in [0.05, 0.1) is 0 Å². The zero-order valence-corrected chi connectivity index (χ0v) is 15.6. The summed E-state index contributed by atoms with van der Waals surface area (Å²) < 4.78 is 0. The molecular formula is C21H28N2OS. The van der Waals surface area contributed by atoms with E-state index in [1.54, 1.807) is 0 Å². The van der Waals surface area contributed by atoms with Crippen molar-refractivity contribution in [2.24, 2.45) is 5.92 Å². The van der Waals surface area contributed by atoms with Crippen LogP contribution < -0.4 is 5.32 Å². The Bertz CT molecular complexity index is 627. The Balaban J connectivity index is 1.32. The summed E-state index contributed by atoms with van der Waals surface area (Å²) in [6.45, 7) is 4.16. The summed E-state index contributed by atoms with van der Waals surface area (Å²) in [6.07, 6.45) is 4.99. The lowest BCUT2D eigenvalue weighted by molar-refractivity contribution is -0.121. The predicted molar refractivity (Wildman–Crippen MR) is 105 cm³/mol. The van der Waals surface area contributed by atoms with Crippen molar-refractivity contribution in [3.05, 3.63) is 58.3 Å². The molecule has 0 aliphatic carbocycles. The first-order chi connectivity index (χ1) is 12.3. The third kappa shape index (κ3) is 6.29. The smallest absolute Gasteiger partial charge is 0.220 e. The molecule has 0 spiro atoms. The third-order valence-electron chi connectivity index (χ3n) is 4.86. The normalized spacial score (nSPS) is 18.2. The van der Waals surface area contributed by atoms with E-state index < -0.39 is 0 Å². The number of likely N-dealkylation sites (tertiary alicyclic amines) is 1. The Morgan fingerprint density at radius 3 is 2.88 bits per heavy atom. The van der Waals surface area contributed by atoms with Gasteiger partial charge in [-0.05, 0) is 55.2 Å². The van der Waals surface area contributed by atoms with Crippen LogP contribution in [0.5, 0.6) is 0 Å². The molecule has 1 saturated heterocycles. The van der Waals surface area contributed by atoms with E-state index in [-0.39, 0.29) is 5.91 Å². The number of benzene rings is 1. The number of nitrogens with zero attached hydrogens (tertiary/aromatic N) is 1. The molecule has 1 aromatic carbocycles. The summed E-state index contributed by atoms with van der Waals surface area (Å²) in [5, 5.41) is 5.30. The first kappa shape index (κ1) is 18.2. The maximum Gasteiger partial charge on any atom is 0.220 e. The molecule has 1 aliphatic rings. The fraction of sp³-hybridized carbons (Fsp3) is 0.476. The van der Waals surface area contributed by atoms with Crippen LogP contribution in [0.4, 0.5) is 0 Å². The lowest BCUT2D eigenvalue weighted by atomic mass is 9.98. The summed E-state index contributed by atoms with van der Waals surface area (Å²) in [4.78, 5) is 16.1. The number of carbonyl (C=O) groups excluding carboxylic acids is 1. The zero-order valence-electron chi connectivity index (χ0n) is 14.8. The van der Waals surface area contributed by atoms with Crippen LogP contribution in [0.25, 0.3) is 0 Å². The largest absolute Gasteiger partial charge is 0.356 e. The van der Waals surface area contributed by atoms with E-state index in [0.717, 1.165) is 32.5 Å². The summed E-state index contributed by atoms with van der Waals surface area (Å²) in [6, 6.07) is 14.7. The molecule has 0 bridgehead atoms. The lowest BCUT2D eigenvalue weighted by Gasteiger charge is -2.32. The number of aryl methyl sites for hydroxylation is 1. The second-order valence-electron chi connectivity index (χ2n) is 6.97. The molecule has 4 heteroatoms. The molecule has 1 unspecified atom stereocenters. The fourth-order valence-electron chi connectivity index (χ4n) is 3.53. The predicted octanol–water partition coefficient (Wildman–Crippen LogP) is 4.10. The molecule has 3 nitrogen and oxygen atoms in total. The Kier molecular flexibility index (Phi) is 7.07. The van der Waals surface area contributed by atoms with Crippen molar-refractivity contribution < 1.29 is 4.79 Å². The maximum atomic E-state index is 12.1. The van der Waals surface area contributed by atoms with E-state index in [0.29, 0.717) is 12.3 Å². The van der Waals surface area contributed by atoms with Crippen LogP contribution in [0.1, 0.15) is 36.1 Å². The highest BCUT2D eigenvalue weighted by Crippen LogP contribution is 2.20. The minimum Gasteiger partial charge on any atom is -0.356 e. The minimum atomic E-state index is 0.200. The van der Waals surface area contributed by atoms with Gasteiger partial charge in [0.25, 0.3) is 0 Å². The molecule has 1 amide bonds. The first-order valence-electron chi connectivity index (χ1n) is 9.35. The van der Waals surface area contributed by atoms with Crippen molar-refractivity contribution in [2.75, 3.05) is 19.6 Å². The number of nitrogens with one attached hydrogen (secondary N) is 1. The van der Waals surface area contributed by atoms with Gasteiger partial charge in [-0.3, -0.25) is 9.69 Å². The Hall–Kier alpha value is -1.65. The maximum absolute atomic E-state index is 12.1. The number of carbonyl (C=O) groups is 1. The Morgan fingerprint density at radius 2 is 2.08 bits per heavy atom. The highest BCUT2D eigenvalue weighted by Gasteiger charge is 2.20. The molecular weight excluding hydrogens is 328 g/mol. The van der Waals surface area contributed by atoms with Crippen molar-refractivity contribution in [3.63, 3.8) is 0 Å². The van der Waals surface area contributed by atoms with Crippen LogP contribution in [0.15, 0.2) is 47.8 Å². The SMILES string of the molecule is O=C(CCCc1ccccc1)NCC1CCCN(Cc2cccs2)C1. The van der Waals surface area contributed by atoms with Gasteiger partial charge >= 0.3 is 0 Å². The average molecular weight is 357 g/mol. The second-order valence-corrected chi connectivity index (χ2v) is 8.00. The molecule has 134 valence electrons. The van der Waals surface area contributed by atoms with Crippen LogP contribution in [-0.2, 0) is 17.8 Å². The van der Waals surface area contributed by atoms with E-state index in [1.807, 2.05) is 17.4 Å². The molecule has 25 heavy (non-hydrogen) atoms. The first-order valence-corrected chi connectivity index (χ1v) is 10.2. The Morgan fingerprint density at radius 1 is 1.20 bits per heavy atom. The van der Waals surface area contributed by atoms with Gasteiger partial charge in [-0.2, -0.15) is 0 Å². The van der Waals surface area contributed by atoms with Crippen molar-refractivity contribution in [1.29, 1.82) is 0 Å². The van der Waals surface area contributed by atoms with E-state index in [9.17, 15) is 4.79 Å². The molecule has 2 heterocycles. The number of hydrogen-bond acceptors (Lipinski definition) is 3. The van der Waals surface area contributed by atoms with Crippen molar-refractivity contribution in [1.82, 2.24) is 10.2 Å². The van der Waals surface area contributed by atoms with Crippen molar-refractivity contribution >= 4 is 17.2 Å². The molecule has 1 fully saturated rings. The van der Waals surface area contributed by atoms with Crippen molar-refractivity contribution in [3.8, 4) is 0 Å². The number of amides is 1. The summed E-state index contributed by atoms with van der Waals surface area (Å²) in [7, 11) is 0. The summed E-state index contributed by atoms with van der Waals surface area (Å²) >= 11 is 1.83. The van der Waals surface area contributed by atoms with Gasteiger partial charge in [0, 0.05) is 30.9 Å². The van der Waals surface area contributed by atoms with Crippen LogP contribution in [0.2, 0.25) is 0 Å². The topological polar surface area (TPSA) is 32.3 Å². The van der Waals surface area contributed by atoms with Gasteiger partial charge in [-0.15, -0.1) is 11.3 Å². The average Bonchev–Trinajstić information content (AvgIpc) is 3.14. The van der Waals surface area contributed by atoms with E-state index in [4.69, 9.17) is 0 Å². The van der Waals surface area contributed by atoms with Gasteiger partial charge in [0.2, 0.25) is 5.91 Å². The van der Waals surface area contributed by atoms with Gasteiger partial charge in [0.15, 0.2) is 0 Å². The number of piperidine rings is 1. The molecule has 0 saturated carbocycles. The number of thiophene rings is 1. The molecule has 1 N–H and O–H groups in total. The molecule has 0 radical (unpaired) electrons. The zero-order chi connectivity index (χ0) is 17.3. The monoisotopic (exact) mass is 356 g/mol. The molecule has 3 rings (SSSR count). The van der Waals surface area contributed by atoms with Gasteiger partial charge in [0.1, 0.15) is 0 Å². The quantitative estimate of drug-likeness (QED) is 0.772. The standard InChI is InChI=1S/C21H28N2OS/c24-21(12-4-9-18-7-2-1-3-8-18)22-15-19-10-5-13-23(16-19)17-20-11-6-14-25-20/h1-3,6-8,11,14,19H,4-5,9-10,12-13,15-17H2,(H,22,24). The molecule has 1 aromatic heterocycles. The van der Waals surface area contributed by atoms with E-state index in [2.05, 4.69) is 52.0 Å². The van der Waals surface area contributed by atoms with E-state index >= 15 is 0 Å². The van der Waals surface area contributed by atoms with Gasteiger partial charge < -0.3 is 5.32 Å². The molecule has 1 aliphatic heterocycles. The Labute approximate surface area is 155 Å². The summed E-state index contributed by atoms with van der Waals surface area (Å²) in [5.74, 6) is 0.790. The van der Waals surface area contributed by atoms with Crippen LogP contribution in [-0.4, -0.2) is 30.4 Å². The van der Waals surface area contributed by atoms with Crippen LogP contribution >= 0.6 is 11.3 Å². The van der Waals surface area contributed by atoms with Crippen LogP contribution in [0.3, 0.4) is 0 Å². The van der Waals surface area contributed by atoms with Gasteiger partial charge in [-0.1, -0.05) is 36.4 Å². The lowest BCUT2D eigenvalue weighted by Crippen LogP contribution is -2.40. The van der Waals surface area contributed by atoms with Crippen LogP contribution in [0, 0.1) is 5.92 Å². The third-order valence-corrected chi connectivity index (χ3v) is 5.72. The second kappa shape index (κ2) is 9.73. The fourth-order valence-corrected chi connectivity index (χ4v) is 4.27. The van der Waals surface area contributed by atoms with E-state index in [1.165, 1.54) is 29.8 Å². The van der Waals surface area contributed by atoms with Gasteiger partial charge in [-0.25, -0.2) is 0 Å². The minimum absolute atomic E-state index is 0.200. The number of hydrogen-bond donors (Lipinski definition) is 1. The molecule has 2 aromatic rings. The highest BCUT2D eigenvalue weighted by atomic mass is 32.1. The molecule has 1 atom stereocenters. The highest BCUT2D eigenvalue weighted by molar-refractivity contribution is 7.09. The number of rotatable bonds is 8. The van der Waals surface area contributed by atoms with Crippen molar-refractivity contribution in [2.45, 2.75) is 38.6 Å².